The number of hydrogen-bond donors (Lipinski definition) is 2. The number of benzene rings is 1. The van der Waals surface area contributed by atoms with Gasteiger partial charge in [0, 0.05) is 32.5 Å². The minimum atomic E-state index is -0.266. The smallest absolute Gasteiger partial charge is 0.307 e. The van der Waals surface area contributed by atoms with Crippen LogP contribution in [0.4, 0.5) is 0 Å². The number of hydrogen-bond acceptors (Lipinski definition) is 5. The summed E-state index contributed by atoms with van der Waals surface area (Å²) in [5.74, 6) is 0.543. The van der Waals surface area contributed by atoms with Gasteiger partial charge in [0.25, 0.3) is 0 Å². The van der Waals surface area contributed by atoms with E-state index < -0.39 is 0 Å². The maximum absolute atomic E-state index is 12.7. The maximum Gasteiger partial charge on any atom is 0.307 e. The highest BCUT2D eigenvalue weighted by molar-refractivity contribution is 7.80. The molecule has 1 aliphatic rings. The highest BCUT2D eigenvalue weighted by atomic mass is 32.1. The Morgan fingerprint density at radius 3 is 2.82 bits per heavy atom. The Kier molecular flexibility index (Phi) is 6.80. The number of amides is 1. The number of rotatable bonds is 7. The van der Waals surface area contributed by atoms with Crippen molar-refractivity contribution >= 4 is 40.2 Å². The number of fused-ring (bicyclic) bond motifs is 1. The molecule has 0 bridgehead atoms. The fourth-order valence-corrected chi connectivity index (χ4v) is 3.45. The summed E-state index contributed by atoms with van der Waals surface area (Å²) in [6.07, 6.45) is 1.99. The predicted octanol–water partition coefficient (Wildman–Crippen LogP) is 1.77. The molecule has 0 atom stereocenters. The lowest BCUT2D eigenvalue weighted by Crippen LogP contribution is -2.49. The van der Waals surface area contributed by atoms with Crippen LogP contribution in [0.1, 0.15) is 32.0 Å². The van der Waals surface area contributed by atoms with Gasteiger partial charge in [0.15, 0.2) is 5.11 Å². The highest BCUT2D eigenvalue weighted by Gasteiger charge is 2.28. The summed E-state index contributed by atoms with van der Waals surface area (Å²) < 4.78 is 4.90. The number of nitrogens with one attached hydrogen (secondary N) is 2. The SMILES string of the molecule is CCOC(=O)CCNC(=S)N1CCCN1C(=O)CCc1nc2ccccc2[nH]1. The second kappa shape index (κ2) is 9.50. The lowest BCUT2D eigenvalue weighted by atomic mass is 10.3. The first-order valence-corrected chi connectivity index (χ1v) is 9.94. The monoisotopic (exact) mass is 403 g/mol. The number of ether oxygens (including phenoxy) is 1. The zero-order valence-electron chi connectivity index (χ0n) is 15.9. The average Bonchev–Trinajstić information content (AvgIpc) is 3.33. The molecule has 1 aromatic carbocycles. The largest absolute Gasteiger partial charge is 0.466 e. The Morgan fingerprint density at radius 1 is 1.25 bits per heavy atom. The third kappa shape index (κ3) is 4.98. The van der Waals surface area contributed by atoms with Crippen molar-refractivity contribution < 1.29 is 14.3 Å². The third-order valence-electron chi connectivity index (χ3n) is 4.48. The molecule has 3 rings (SSSR count). The minimum Gasteiger partial charge on any atom is -0.466 e. The zero-order valence-corrected chi connectivity index (χ0v) is 16.8. The molecule has 1 aromatic heterocycles. The average molecular weight is 404 g/mol. The van der Waals surface area contributed by atoms with Crippen molar-refractivity contribution in [3.05, 3.63) is 30.1 Å². The summed E-state index contributed by atoms with van der Waals surface area (Å²) in [5.41, 5.74) is 1.87. The molecule has 1 fully saturated rings. The number of aromatic nitrogens is 2. The molecule has 1 aliphatic heterocycles. The number of imidazole rings is 1. The van der Waals surface area contributed by atoms with E-state index in [9.17, 15) is 9.59 Å². The number of aromatic amines is 1. The van der Waals surface area contributed by atoms with Gasteiger partial charge in [0.1, 0.15) is 5.82 Å². The van der Waals surface area contributed by atoms with Crippen LogP contribution >= 0.6 is 12.2 Å². The van der Waals surface area contributed by atoms with E-state index >= 15 is 0 Å². The van der Waals surface area contributed by atoms with Crippen molar-refractivity contribution in [3.8, 4) is 0 Å². The molecule has 150 valence electrons. The van der Waals surface area contributed by atoms with Crippen LogP contribution in [0.25, 0.3) is 11.0 Å². The molecule has 9 heteroatoms. The minimum absolute atomic E-state index is 0.00694. The van der Waals surface area contributed by atoms with Gasteiger partial charge in [-0.1, -0.05) is 12.1 Å². The van der Waals surface area contributed by atoms with Crippen molar-refractivity contribution in [2.24, 2.45) is 0 Å². The zero-order chi connectivity index (χ0) is 19.9. The lowest BCUT2D eigenvalue weighted by Gasteiger charge is -2.30. The topological polar surface area (TPSA) is 90.6 Å². The summed E-state index contributed by atoms with van der Waals surface area (Å²) >= 11 is 5.40. The van der Waals surface area contributed by atoms with Gasteiger partial charge in [-0.2, -0.15) is 0 Å². The third-order valence-corrected chi connectivity index (χ3v) is 4.83. The number of nitrogens with zero attached hydrogens (tertiary/aromatic N) is 3. The van der Waals surface area contributed by atoms with Gasteiger partial charge < -0.3 is 15.0 Å². The molecular formula is C19H25N5O3S. The molecular weight excluding hydrogens is 378 g/mol. The van der Waals surface area contributed by atoms with E-state index in [1.807, 2.05) is 24.3 Å². The van der Waals surface area contributed by atoms with E-state index in [2.05, 4.69) is 15.3 Å². The molecule has 2 N–H and O–H groups in total. The van der Waals surface area contributed by atoms with Crippen LogP contribution in [0.5, 0.6) is 0 Å². The molecule has 0 saturated carbocycles. The number of thiocarbonyl (C=S) groups is 1. The predicted molar refractivity (Wildman–Crippen MR) is 109 cm³/mol. The van der Waals surface area contributed by atoms with Crippen LogP contribution in [-0.2, 0) is 20.7 Å². The number of hydrazine groups is 1. The molecule has 8 nitrogen and oxygen atoms in total. The summed E-state index contributed by atoms with van der Waals surface area (Å²) in [7, 11) is 0. The van der Waals surface area contributed by atoms with Gasteiger partial charge in [-0.05, 0) is 37.7 Å². The van der Waals surface area contributed by atoms with E-state index in [0.717, 1.165) is 23.3 Å². The van der Waals surface area contributed by atoms with Gasteiger partial charge in [0.2, 0.25) is 5.91 Å². The van der Waals surface area contributed by atoms with Crippen molar-refractivity contribution in [1.82, 2.24) is 25.3 Å². The first-order chi connectivity index (χ1) is 13.6. The van der Waals surface area contributed by atoms with Crippen molar-refractivity contribution in [3.63, 3.8) is 0 Å². The number of aryl methyl sites for hydroxylation is 1. The molecule has 28 heavy (non-hydrogen) atoms. The van der Waals surface area contributed by atoms with E-state index in [1.54, 1.807) is 16.9 Å². The second-order valence-corrected chi connectivity index (χ2v) is 6.87. The van der Waals surface area contributed by atoms with E-state index in [0.29, 0.717) is 44.2 Å². The molecule has 0 unspecified atom stereocenters. The summed E-state index contributed by atoms with van der Waals surface area (Å²) in [6.45, 7) is 3.84. The van der Waals surface area contributed by atoms with Gasteiger partial charge >= 0.3 is 5.97 Å². The van der Waals surface area contributed by atoms with Gasteiger partial charge in [-0.15, -0.1) is 0 Å². The molecule has 0 aliphatic carbocycles. The highest BCUT2D eigenvalue weighted by Crippen LogP contribution is 2.15. The normalized spacial score (nSPS) is 13.8. The first kappa shape index (κ1) is 20.1. The molecule has 0 radical (unpaired) electrons. The van der Waals surface area contributed by atoms with Crippen LogP contribution in [0.15, 0.2) is 24.3 Å². The molecule has 0 spiro atoms. The van der Waals surface area contributed by atoms with Crippen molar-refractivity contribution in [1.29, 1.82) is 0 Å². The molecule has 1 saturated heterocycles. The van der Waals surface area contributed by atoms with Gasteiger partial charge in [-0.3, -0.25) is 19.6 Å². The van der Waals surface area contributed by atoms with Gasteiger partial charge in [0.05, 0.1) is 24.1 Å². The summed E-state index contributed by atoms with van der Waals surface area (Å²) in [5, 5.41) is 6.95. The lowest BCUT2D eigenvalue weighted by molar-refractivity contribution is -0.143. The quantitative estimate of drug-likeness (QED) is 0.538. The Morgan fingerprint density at radius 2 is 2.04 bits per heavy atom. The van der Waals surface area contributed by atoms with E-state index in [1.165, 1.54) is 0 Å². The van der Waals surface area contributed by atoms with E-state index in [-0.39, 0.29) is 18.3 Å². The van der Waals surface area contributed by atoms with Crippen LogP contribution in [0.3, 0.4) is 0 Å². The fourth-order valence-electron chi connectivity index (χ4n) is 3.16. The Hall–Kier alpha value is -2.68. The molecule has 2 heterocycles. The van der Waals surface area contributed by atoms with Crippen molar-refractivity contribution in [2.75, 3.05) is 26.2 Å². The number of carbonyl (C=O) groups excluding carboxylic acids is 2. The fraction of sp³-hybridized carbons (Fsp3) is 0.474. The van der Waals surface area contributed by atoms with E-state index in [4.69, 9.17) is 17.0 Å². The first-order valence-electron chi connectivity index (χ1n) is 9.53. The summed E-state index contributed by atoms with van der Waals surface area (Å²) in [4.78, 5) is 31.9. The standard InChI is InChI=1S/C19H25N5O3S/c1-2-27-18(26)10-11-20-19(28)24-13-5-12-23(24)17(25)9-8-16-21-14-6-3-4-7-15(14)22-16/h3-4,6-7H,2,5,8-13H2,1H3,(H,20,28)(H,21,22). The maximum atomic E-state index is 12.7. The second-order valence-electron chi connectivity index (χ2n) is 6.48. The Balaban J connectivity index is 1.49. The number of esters is 1. The van der Waals surface area contributed by atoms with Crippen LogP contribution < -0.4 is 5.32 Å². The van der Waals surface area contributed by atoms with Crippen LogP contribution in [-0.4, -0.2) is 63.2 Å². The molecule has 1 amide bonds. The van der Waals surface area contributed by atoms with Crippen LogP contribution in [0, 0.1) is 0 Å². The van der Waals surface area contributed by atoms with Crippen molar-refractivity contribution in [2.45, 2.75) is 32.6 Å². The number of carbonyl (C=O) groups is 2. The number of para-hydroxylation sites is 2. The molecule has 2 aromatic rings. The van der Waals surface area contributed by atoms with Crippen LogP contribution in [0.2, 0.25) is 0 Å². The summed E-state index contributed by atoms with van der Waals surface area (Å²) in [6, 6.07) is 7.81. The Bertz CT molecular complexity index is 820. The number of H-pyrrole nitrogens is 1. The van der Waals surface area contributed by atoms with Gasteiger partial charge in [-0.25, -0.2) is 4.98 Å². The Labute approximate surface area is 169 Å².